The highest BCUT2D eigenvalue weighted by Gasteiger charge is 2.46. The summed E-state index contributed by atoms with van der Waals surface area (Å²) in [5.74, 6) is -1.13. The van der Waals surface area contributed by atoms with Crippen LogP contribution in [0.2, 0.25) is 0 Å². The minimum absolute atomic E-state index is 0.0286. The van der Waals surface area contributed by atoms with Crippen LogP contribution in [0.25, 0.3) is 0 Å². The molecule has 3 aromatic rings. The van der Waals surface area contributed by atoms with Gasteiger partial charge < -0.3 is 71.4 Å². The number of nitrogens with two attached hydrogens (primary N) is 1. The number of fused-ring (bicyclic) bond motifs is 1. The molecule has 0 bridgehead atoms. The topological polar surface area (TPSA) is 264 Å². The van der Waals surface area contributed by atoms with Crippen molar-refractivity contribution in [1.29, 1.82) is 0 Å². The van der Waals surface area contributed by atoms with Crippen molar-refractivity contribution in [2.45, 2.75) is 101 Å². The SMILES string of the molecule is CC(=O)N[C@H]1[C@H](Oc2c(Br)cc(C[C@@H](NC(=O)N3CCC(N4Cc5ccccc5NC4=O)CC3)C(=O)N[C@@H](CCCCN)C(=O)N3CCN(c4ccncc4)CC3)cc2Br)O[C@H](CO)[C@@H](O)[C@@H]1O. The Morgan fingerprint density at radius 3 is 2.28 bits per heavy atom. The van der Waals surface area contributed by atoms with Gasteiger partial charge in [0.25, 0.3) is 0 Å². The number of likely N-dealkylation sites (tertiary alicyclic amines) is 1. The highest BCUT2D eigenvalue weighted by atomic mass is 79.9. The summed E-state index contributed by atoms with van der Waals surface area (Å²) in [5.41, 5.74) is 9.21. The number of carbonyl (C=O) groups is 5. The van der Waals surface area contributed by atoms with Crippen LogP contribution >= 0.6 is 31.9 Å². The number of carbonyl (C=O) groups excluding carboxylic acids is 5. The molecule has 68 heavy (non-hydrogen) atoms. The molecule has 3 fully saturated rings. The molecule has 22 heteroatoms. The number of halogens is 2. The molecule has 9 N–H and O–H groups in total. The number of aromatic nitrogens is 1. The van der Waals surface area contributed by atoms with Crippen molar-refractivity contribution < 1.29 is 48.8 Å². The number of para-hydroxylation sites is 1. The number of pyridine rings is 1. The Morgan fingerprint density at radius 1 is 0.926 bits per heavy atom. The molecule has 368 valence electrons. The zero-order valence-electron chi connectivity index (χ0n) is 37.8. The van der Waals surface area contributed by atoms with E-state index < -0.39 is 67.2 Å². The Balaban J connectivity index is 1.08. The molecule has 2 aromatic carbocycles. The summed E-state index contributed by atoms with van der Waals surface area (Å²) >= 11 is 7.10. The fourth-order valence-electron chi connectivity index (χ4n) is 9.10. The lowest BCUT2D eigenvalue weighted by Crippen LogP contribution is -2.65. The Morgan fingerprint density at radius 2 is 1.62 bits per heavy atom. The molecule has 4 aliphatic rings. The zero-order chi connectivity index (χ0) is 48.5. The lowest BCUT2D eigenvalue weighted by Gasteiger charge is -2.42. The van der Waals surface area contributed by atoms with Crippen LogP contribution in [0.3, 0.4) is 0 Å². The van der Waals surface area contributed by atoms with Crippen LogP contribution in [0.5, 0.6) is 5.75 Å². The number of aliphatic hydroxyl groups excluding tert-OH is 3. The molecular weight excluding hydrogens is 1010 g/mol. The van der Waals surface area contributed by atoms with Crippen LogP contribution in [0.1, 0.15) is 50.2 Å². The van der Waals surface area contributed by atoms with Gasteiger partial charge in [-0.3, -0.25) is 19.4 Å². The van der Waals surface area contributed by atoms with Gasteiger partial charge in [-0.05, 0) is 112 Å². The van der Waals surface area contributed by atoms with Gasteiger partial charge in [0.05, 0.1) is 15.6 Å². The first-order valence-electron chi connectivity index (χ1n) is 22.9. The molecule has 1 aromatic heterocycles. The minimum atomic E-state index is -1.54. The number of amides is 7. The summed E-state index contributed by atoms with van der Waals surface area (Å²) in [5, 5.41) is 42.7. The second kappa shape index (κ2) is 23.5. The largest absolute Gasteiger partial charge is 0.460 e. The van der Waals surface area contributed by atoms with E-state index in [0.717, 1.165) is 16.9 Å². The summed E-state index contributed by atoms with van der Waals surface area (Å²) in [7, 11) is 0. The molecular formula is C46H60Br2N10O10. The van der Waals surface area contributed by atoms with Crippen LogP contribution in [-0.2, 0) is 32.1 Å². The quantitative estimate of drug-likeness (QED) is 0.0957. The van der Waals surface area contributed by atoms with Crippen LogP contribution in [0.15, 0.2) is 69.9 Å². The number of unbranched alkanes of at least 4 members (excludes halogenated alkanes) is 1. The van der Waals surface area contributed by atoms with Crippen molar-refractivity contribution in [3.63, 3.8) is 0 Å². The molecule has 4 aliphatic heterocycles. The van der Waals surface area contributed by atoms with E-state index >= 15 is 0 Å². The van der Waals surface area contributed by atoms with Gasteiger partial charge in [0.2, 0.25) is 24.0 Å². The van der Waals surface area contributed by atoms with Crippen LogP contribution < -0.4 is 36.6 Å². The van der Waals surface area contributed by atoms with Gasteiger partial charge in [-0.25, -0.2) is 9.59 Å². The van der Waals surface area contributed by atoms with Crippen molar-refractivity contribution >= 4 is 73.0 Å². The molecule has 7 amide bonds. The summed E-state index contributed by atoms with van der Waals surface area (Å²) in [6.07, 6.45) is 0.432. The normalized spacial score (nSPS) is 22.9. The van der Waals surface area contributed by atoms with Crippen LogP contribution in [-0.4, -0.2) is 166 Å². The highest BCUT2D eigenvalue weighted by Crippen LogP contribution is 2.38. The number of nitrogens with zero attached hydrogens (tertiary/aromatic N) is 5. The second-order valence-electron chi connectivity index (χ2n) is 17.4. The van der Waals surface area contributed by atoms with E-state index in [1.165, 1.54) is 6.92 Å². The van der Waals surface area contributed by atoms with Crippen molar-refractivity contribution in [3.8, 4) is 5.75 Å². The van der Waals surface area contributed by atoms with E-state index in [0.29, 0.717) is 99.0 Å². The van der Waals surface area contributed by atoms with E-state index in [2.05, 4.69) is 63.0 Å². The summed E-state index contributed by atoms with van der Waals surface area (Å²) < 4.78 is 12.7. The maximum atomic E-state index is 14.6. The van der Waals surface area contributed by atoms with E-state index in [-0.39, 0.29) is 30.2 Å². The molecule has 20 nitrogen and oxygen atoms in total. The minimum Gasteiger partial charge on any atom is -0.460 e. The van der Waals surface area contributed by atoms with E-state index in [1.54, 1.807) is 39.2 Å². The van der Waals surface area contributed by atoms with Crippen molar-refractivity contribution in [2.75, 3.05) is 62.6 Å². The monoisotopic (exact) mass is 1070 g/mol. The van der Waals surface area contributed by atoms with Crippen molar-refractivity contribution in [3.05, 3.63) is 81.0 Å². The van der Waals surface area contributed by atoms with E-state index in [1.807, 2.05) is 36.4 Å². The second-order valence-corrected chi connectivity index (χ2v) is 19.2. The number of hydrogen-bond acceptors (Lipinski definition) is 13. The summed E-state index contributed by atoms with van der Waals surface area (Å²) in [4.78, 5) is 79.7. The van der Waals surface area contributed by atoms with Crippen LogP contribution in [0, 0.1) is 0 Å². The standard InChI is InChI=1S/C46H60Br2N10O10/c1-27(60)51-38-40(62)39(61)37(26-59)67-44(38)68-41-32(47)22-28(23-33(41)48)24-36(54-45(65)57-16-11-31(12-17-57)58-25-29-6-2-3-7-34(29)53-46(58)66)42(63)52-35(8-4-5-13-49)43(64)56-20-18-55(19-21-56)30-9-14-50-15-10-30/h2-3,6-7,9-10,14-15,22-23,31,35-40,44,59,61-62H,4-5,8,11-13,16-21,24-26,49H2,1H3,(H,51,60)(H,52,63)(H,53,66)(H,54,65)/t35-,36+,37+,38+,39+,40+,44-/m0/s1. The first kappa shape index (κ1) is 50.8. The van der Waals surface area contributed by atoms with Gasteiger partial charge in [-0.2, -0.15) is 0 Å². The molecule has 0 saturated carbocycles. The third-order valence-electron chi connectivity index (χ3n) is 12.8. The van der Waals surface area contributed by atoms with Gasteiger partial charge in [0.15, 0.2) is 5.75 Å². The Bertz CT molecular complexity index is 2230. The number of benzene rings is 2. The smallest absolute Gasteiger partial charge is 0.322 e. The summed E-state index contributed by atoms with van der Waals surface area (Å²) in [6.45, 7) is 4.22. The molecule has 0 aliphatic carbocycles. The van der Waals surface area contributed by atoms with Crippen molar-refractivity contribution in [2.24, 2.45) is 5.73 Å². The lowest BCUT2D eigenvalue weighted by molar-refractivity contribution is -0.244. The third kappa shape index (κ3) is 12.4. The number of nitrogens with one attached hydrogen (secondary N) is 4. The fraction of sp³-hybridized carbons (Fsp3) is 0.522. The number of piperazine rings is 1. The Kier molecular flexibility index (Phi) is 17.5. The molecule has 7 rings (SSSR count). The maximum Gasteiger partial charge on any atom is 0.322 e. The average molecular weight is 1070 g/mol. The average Bonchev–Trinajstić information content (AvgIpc) is 3.34. The number of rotatable bonds is 16. The van der Waals surface area contributed by atoms with E-state index in [9.17, 15) is 39.3 Å². The molecule has 3 saturated heterocycles. The fourth-order valence-corrected chi connectivity index (χ4v) is 10.6. The van der Waals surface area contributed by atoms with Crippen molar-refractivity contribution in [1.82, 2.24) is 35.6 Å². The zero-order valence-corrected chi connectivity index (χ0v) is 40.9. The molecule has 0 unspecified atom stereocenters. The number of hydrogen-bond donors (Lipinski definition) is 8. The first-order valence-corrected chi connectivity index (χ1v) is 24.5. The molecule has 0 spiro atoms. The highest BCUT2D eigenvalue weighted by molar-refractivity contribution is 9.11. The van der Waals surface area contributed by atoms with Gasteiger partial charge >= 0.3 is 12.1 Å². The summed E-state index contributed by atoms with van der Waals surface area (Å²) in [6, 6.07) is 10.8. The first-order chi connectivity index (χ1) is 32.7. The predicted molar refractivity (Wildman–Crippen MR) is 257 cm³/mol. The van der Waals surface area contributed by atoms with Gasteiger partial charge in [-0.1, -0.05) is 18.2 Å². The maximum absolute atomic E-state index is 14.6. The molecule has 0 radical (unpaired) electrons. The number of anilines is 2. The number of urea groups is 2. The van der Waals surface area contributed by atoms with Crippen LogP contribution in [0.4, 0.5) is 21.0 Å². The number of ether oxygens (including phenoxy) is 2. The molecule has 7 atom stereocenters. The van der Waals surface area contributed by atoms with E-state index in [4.69, 9.17) is 15.2 Å². The third-order valence-corrected chi connectivity index (χ3v) is 14.0. The lowest BCUT2D eigenvalue weighted by atomic mass is 9.97. The van der Waals surface area contributed by atoms with Gasteiger partial charge in [0.1, 0.15) is 36.4 Å². The number of piperidine rings is 1. The Labute approximate surface area is 411 Å². The van der Waals surface area contributed by atoms with Gasteiger partial charge in [0, 0.05) is 89.0 Å². The Hall–Kier alpha value is -5.10. The van der Waals surface area contributed by atoms with Gasteiger partial charge in [-0.15, -0.1) is 0 Å². The number of aliphatic hydroxyl groups is 3. The molecule has 5 heterocycles. The predicted octanol–water partition coefficient (Wildman–Crippen LogP) is 2.02.